The normalized spacial score (nSPS) is 23.8. The number of primary sulfonamides is 1. The predicted molar refractivity (Wildman–Crippen MR) is 68.7 cm³/mol. The maximum Gasteiger partial charge on any atom is 0.306 e. The number of hydrogen-bond donors (Lipinski definition) is 3. The molecule has 0 saturated heterocycles. The lowest BCUT2D eigenvalue weighted by molar-refractivity contribution is -0.144. The molecule has 110 valence electrons. The molecule has 0 bridgehead atoms. The van der Waals surface area contributed by atoms with Crippen molar-refractivity contribution >= 4 is 21.9 Å². The van der Waals surface area contributed by atoms with Crippen molar-refractivity contribution < 1.29 is 23.1 Å². The van der Waals surface area contributed by atoms with Crippen molar-refractivity contribution in [2.24, 2.45) is 17.0 Å². The van der Waals surface area contributed by atoms with Crippen molar-refractivity contribution in [1.82, 2.24) is 5.32 Å². The van der Waals surface area contributed by atoms with Crippen molar-refractivity contribution in [2.45, 2.75) is 32.1 Å². The minimum Gasteiger partial charge on any atom is -0.481 e. The predicted octanol–water partition coefficient (Wildman–Crippen LogP) is -0.328. The van der Waals surface area contributed by atoms with Gasteiger partial charge in [-0.15, -0.1) is 0 Å². The molecule has 1 aliphatic rings. The molecule has 0 aromatic rings. The summed E-state index contributed by atoms with van der Waals surface area (Å²) < 4.78 is 21.4. The number of nitrogens with two attached hydrogens (primary N) is 1. The molecule has 8 heteroatoms. The number of rotatable bonds is 6. The quantitative estimate of drug-likeness (QED) is 0.578. The lowest BCUT2D eigenvalue weighted by atomic mass is 9.81. The zero-order valence-electron chi connectivity index (χ0n) is 10.7. The Morgan fingerprint density at radius 3 is 2.47 bits per heavy atom. The van der Waals surface area contributed by atoms with Gasteiger partial charge in [0, 0.05) is 12.5 Å². The first-order valence-electron chi connectivity index (χ1n) is 6.30. The molecule has 4 N–H and O–H groups in total. The molecule has 0 heterocycles. The fraction of sp³-hybridized carbons (Fsp3) is 0.818. The Kier molecular flexibility index (Phi) is 5.74. The summed E-state index contributed by atoms with van der Waals surface area (Å²) in [6, 6.07) is 0. The van der Waals surface area contributed by atoms with E-state index in [0.29, 0.717) is 19.3 Å². The standard InChI is InChI=1S/C11H20N2O5S/c12-19(17,18)6-2-5-13-10(14)8-3-1-4-9(7-8)11(15)16/h8-9H,1-7H2,(H,13,14)(H,15,16)(H2,12,17,18). The fourth-order valence-electron chi connectivity index (χ4n) is 2.28. The van der Waals surface area contributed by atoms with Crippen LogP contribution in [0.1, 0.15) is 32.1 Å². The number of sulfonamides is 1. The van der Waals surface area contributed by atoms with Crippen molar-refractivity contribution in [3.8, 4) is 0 Å². The van der Waals surface area contributed by atoms with Crippen LogP contribution in [0, 0.1) is 11.8 Å². The topological polar surface area (TPSA) is 127 Å². The number of hydrogen-bond acceptors (Lipinski definition) is 4. The number of aliphatic carboxylic acids is 1. The molecule has 0 aliphatic heterocycles. The maximum absolute atomic E-state index is 11.8. The van der Waals surface area contributed by atoms with Crippen LogP contribution in [0.25, 0.3) is 0 Å². The molecular formula is C11H20N2O5S. The highest BCUT2D eigenvalue weighted by atomic mass is 32.2. The van der Waals surface area contributed by atoms with Crippen molar-refractivity contribution in [1.29, 1.82) is 0 Å². The van der Waals surface area contributed by atoms with Crippen LogP contribution in [0.5, 0.6) is 0 Å². The summed E-state index contributed by atoms with van der Waals surface area (Å²) in [5.41, 5.74) is 0. The Morgan fingerprint density at radius 2 is 1.89 bits per heavy atom. The van der Waals surface area contributed by atoms with Gasteiger partial charge in [-0.2, -0.15) is 0 Å². The average Bonchev–Trinajstić information content (AvgIpc) is 2.33. The van der Waals surface area contributed by atoms with E-state index in [-0.39, 0.29) is 30.5 Å². The van der Waals surface area contributed by atoms with Crippen LogP contribution in [-0.4, -0.2) is 37.7 Å². The van der Waals surface area contributed by atoms with Gasteiger partial charge < -0.3 is 10.4 Å². The third-order valence-corrected chi connectivity index (χ3v) is 4.16. The van der Waals surface area contributed by atoms with Gasteiger partial charge in [0.15, 0.2) is 0 Å². The van der Waals surface area contributed by atoms with E-state index >= 15 is 0 Å². The first-order chi connectivity index (χ1) is 8.79. The molecule has 1 aliphatic carbocycles. The first-order valence-corrected chi connectivity index (χ1v) is 8.02. The molecule has 1 saturated carbocycles. The lowest BCUT2D eigenvalue weighted by Gasteiger charge is -2.25. The highest BCUT2D eigenvalue weighted by molar-refractivity contribution is 7.89. The van der Waals surface area contributed by atoms with Gasteiger partial charge in [-0.3, -0.25) is 9.59 Å². The molecule has 0 radical (unpaired) electrons. The van der Waals surface area contributed by atoms with Gasteiger partial charge in [-0.1, -0.05) is 6.42 Å². The lowest BCUT2D eigenvalue weighted by Crippen LogP contribution is -2.36. The Bertz CT molecular complexity index is 434. The van der Waals surface area contributed by atoms with E-state index in [0.717, 1.165) is 6.42 Å². The summed E-state index contributed by atoms with van der Waals surface area (Å²) >= 11 is 0. The smallest absolute Gasteiger partial charge is 0.306 e. The minimum absolute atomic E-state index is 0.171. The second-order valence-corrected chi connectivity index (χ2v) is 6.64. The van der Waals surface area contributed by atoms with E-state index < -0.39 is 21.9 Å². The summed E-state index contributed by atoms with van der Waals surface area (Å²) in [5, 5.41) is 16.4. The Hall–Kier alpha value is -1.15. The van der Waals surface area contributed by atoms with E-state index in [1.807, 2.05) is 0 Å². The third-order valence-electron chi connectivity index (χ3n) is 3.30. The van der Waals surface area contributed by atoms with Gasteiger partial charge in [0.25, 0.3) is 0 Å². The zero-order valence-corrected chi connectivity index (χ0v) is 11.5. The van der Waals surface area contributed by atoms with Gasteiger partial charge in [-0.05, 0) is 25.7 Å². The molecule has 2 unspecified atom stereocenters. The maximum atomic E-state index is 11.8. The zero-order chi connectivity index (χ0) is 14.5. The largest absolute Gasteiger partial charge is 0.481 e. The summed E-state index contributed by atoms with van der Waals surface area (Å²) in [6.07, 6.45) is 2.65. The number of amides is 1. The summed E-state index contributed by atoms with van der Waals surface area (Å²) in [4.78, 5) is 22.7. The van der Waals surface area contributed by atoms with Crippen LogP contribution in [-0.2, 0) is 19.6 Å². The van der Waals surface area contributed by atoms with Gasteiger partial charge in [0.2, 0.25) is 15.9 Å². The molecule has 0 spiro atoms. The van der Waals surface area contributed by atoms with Crippen LogP contribution in [0.4, 0.5) is 0 Å². The molecule has 0 aromatic carbocycles. The number of carbonyl (C=O) groups is 2. The van der Waals surface area contributed by atoms with E-state index in [4.69, 9.17) is 10.2 Å². The molecule has 0 aromatic heterocycles. The number of carboxylic acid groups (broad SMARTS) is 1. The summed E-state index contributed by atoms with van der Waals surface area (Å²) in [6.45, 7) is 0.240. The van der Waals surface area contributed by atoms with E-state index in [2.05, 4.69) is 5.32 Å². The highest BCUT2D eigenvalue weighted by Gasteiger charge is 2.30. The molecular weight excluding hydrogens is 272 g/mol. The van der Waals surface area contributed by atoms with E-state index in [1.165, 1.54) is 0 Å². The molecule has 1 fully saturated rings. The molecule has 2 atom stereocenters. The first kappa shape index (κ1) is 15.9. The Labute approximate surface area is 112 Å². The highest BCUT2D eigenvalue weighted by Crippen LogP contribution is 2.29. The SMILES string of the molecule is NS(=O)(=O)CCCNC(=O)C1CCCC(C(=O)O)C1. The van der Waals surface area contributed by atoms with Crippen molar-refractivity contribution in [2.75, 3.05) is 12.3 Å². The van der Waals surface area contributed by atoms with Gasteiger partial charge >= 0.3 is 5.97 Å². The Balaban J connectivity index is 2.31. The van der Waals surface area contributed by atoms with Crippen LogP contribution in [0.15, 0.2) is 0 Å². The van der Waals surface area contributed by atoms with E-state index in [1.54, 1.807) is 0 Å². The summed E-state index contributed by atoms with van der Waals surface area (Å²) in [7, 11) is -3.50. The third kappa shape index (κ3) is 6.02. The number of carboxylic acids is 1. The van der Waals surface area contributed by atoms with Gasteiger partial charge in [0.1, 0.15) is 0 Å². The monoisotopic (exact) mass is 292 g/mol. The van der Waals surface area contributed by atoms with Crippen LogP contribution in [0.3, 0.4) is 0 Å². The van der Waals surface area contributed by atoms with Gasteiger partial charge in [-0.25, -0.2) is 13.6 Å². The van der Waals surface area contributed by atoms with Crippen LogP contribution in [0.2, 0.25) is 0 Å². The van der Waals surface area contributed by atoms with Crippen LogP contribution >= 0.6 is 0 Å². The van der Waals surface area contributed by atoms with Crippen LogP contribution < -0.4 is 10.5 Å². The van der Waals surface area contributed by atoms with Gasteiger partial charge in [0.05, 0.1) is 11.7 Å². The molecule has 1 rings (SSSR count). The Morgan fingerprint density at radius 1 is 1.26 bits per heavy atom. The second kappa shape index (κ2) is 6.85. The fourth-order valence-corrected chi connectivity index (χ4v) is 2.83. The molecule has 19 heavy (non-hydrogen) atoms. The van der Waals surface area contributed by atoms with E-state index in [9.17, 15) is 18.0 Å². The van der Waals surface area contributed by atoms with Crippen molar-refractivity contribution in [3.05, 3.63) is 0 Å². The average molecular weight is 292 g/mol. The molecule has 1 amide bonds. The van der Waals surface area contributed by atoms with Crippen molar-refractivity contribution in [3.63, 3.8) is 0 Å². The number of nitrogens with one attached hydrogen (secondary N) is 1. The minimum atomic E-state index is -3.50. The summed E-state index contributed by atoms with van der Waals surface area (Å²) in [5.74, 6) is -1.96. The number of carbonyl (C=O) groups excluding carboxylic acids is 1. The molecule has 7 nitrogen and oxygen atoms in total. The second-order valence-electron chi connectivity index (χ2n) is 4.91.